The zero-order chi connectivity index (χ0) is 29.5. The Hall–Kier alpha value is -4.57. The van der Waals surface area contributed by atoms with Crippen LogP contribution in [0.25, 0.3) is 10.9 Å². The molecule has 0 saturated carbocycles. The van der Waals surface area contributed by atoms with Gasteiger partial charge in [0.05, 0.1) is 11.3 Å². The number of aromatic nitrogens is 1. The number of rotatable bonds is 8. The smallest absolute Gasteiger partial charge is 0.332 e. The molecule has 3 atom stereocenters. The number of amides is 4. The first-order chi connectivity index (χ1) is 20.3. The van der Waals surface area contributed by atoms with Crippen LogP contribution in [0.4, 0.5) is 10.5 Å². The van der Waals surface area contributed by atoms with Crippen LogP contribution in [0.1, 0.15) is 45.2 Å². The predicted molar refractivity (Wildman–Crippen MR) is 162 cm³/mol. The van der Waals surface area contributed by atoms with Crippen LogP contribution in [0, 0.1) is 6.92 Å². The number of carboxylic acid groups (broad SMARTS) is 1. The number of nitrogens with one attached hydrogen (secondary N) is 2. The van der Waals surface area contributed by atoms with Crippen LogP contribution in [0.2, 0.25) is 0 Å². The minimum absolute atomic E-state index is 0.0605. The van der Waals surface area contributed by atoms with Gasteiger partial charge in [0.25, 0.3) is 11.8 Å². The molecule has 9 nitrogen and oxygen atoms in total. The largest absolute Gasteiger partial charge is 0.480 e. The Morgan fingerprint density at radius 3 is 2.50 bits per heavy atom. The summed E-state index contributed by atoms with van der Waals surface area (Å²) in [5, 5.41) is 13.2. The fourth-order valence-electron chi connectivity index (χ4n) is 5.98. The second-order valence-corrected chi connectivity index (χ2v) is 11.6. The van der Waals surface area contributed by atoms with E-state index in [0.29, 0.717) is 12.2 Å². The number of anilines is 1. The lowest BCUT2D eigenvalue weighted by Crippen LogP contribution is -2.44. The molecule has 10 heteroatoms. The number of aryl methyl sites for hydroxylation is 1. The van der Waals surface area contributed by atoms with Crippen LogP contribution >= 0.6 is 11.8 Å². The maximum absolute atomic E-state index is 14.3. The van der Waals surface area contributed by atoms with Crippen molar-refractivity contribution in [3.05, 3.63) is 101 Å². The quantitative estimate of drug-likeness (QED) is 0.254. The third-order valence-electron chi connectivity index (χ3n) is 8.05. The summed E-state index contributed by atoms with van der Waals surface area (Å²) < 4.78 is 0. The number of hydrogen-bond donors (Lipinski definition) is 3. The lowest BCUT2D eigenvalue weighted by molar-refractivity contribution is -0.139. The van der Waals surface area contributed by atoms with Gasteiger partial charge in [0.2, 0.25) is 0 Å². The molecule has 214 valence electrons. The first-order valence-electron chi connectivity index (χ1n) is 13.7. The van der Waals surface area contributed by atoms with Gasteiger partial charge in [0.15, 0.2) is 0 Å². The van der Waals surface area contributed by atoms with Crippen LogP contribution < -0.4 is 10.2 Å². The molecule has 0 spiro atoms. The molecular weight excluding hydrogens is 552 g/mol. The number of carbonyl (C=O) groups is 4. The summed E-state index contributed by atoms with van der Waals surface area (Å²) in [6, 6.07) is 19.2. The molecule has 3 aromatic carbocycles. The highest BCUT2D eigenvalue weighted by molar-refractivity contribution is 7.98. The highest BCUT2D eigenvalue weighted by Gasteiger charge is 2.53. The van der Waals surface area contributed by atoms with Crippen molar-refractivity contribution in [1.29, 1.82) is 0 Å². The lowest BCUT2D eigenvalue weighted by Gasteiger charge is -2.36. The van der Waals surface area contributed by atoms with Crippen LogP contribution in [-0.4, -0.2) is 62.9 Å². The number of imide groups is 1. The van der Waals surface area contributed by atoms with Crippen molar-refractivity contribution in [2.24, 2.45) is 0 Å². The normalized spacial score (nSPS) is 18.6. The molecule has 0 bridgehead atoms. The number of para-hydroxylation sites is 2. The Balaban J connectivity index is 1.41. The first-order valence-corrected chi connectivity index (χ1v) is 15.1. The molecule has 4 aromatic rings. The number of hydrogen-bond acceptors (Lipinski definition) is 5. The average molecular weight is 583 g/mol. The monoisotopic (exact) mass is 582 g/mol. The summed E-state index contributed by atoms with van der Waals surface area (Å²) in [5.74, 6) is -1.68. The molecule has 0 unspecified atom stereocenters. The number of thioether (sulfide) groups is 1. The van der Waals surface area contributed by atoms with Gasteiger partial charge in [-0.05, 0) is 54.7 Å². The van der Waals surface area contributed by atoms with Gasteiger partial charge in [-0.25, -0.2) is 14.5 Å². The molecule has 4 amide bonds. The summed E-state index contributed by atoms with van der Waals surface area (Å²) in [7, 11) is 0. The molecule has 1 fully saturated rings. The molecule has 2 aliphatic heterocycles. The molecular formula is C32H30N4O5S. The molecule has 3 N–H and O–H groups in total. The number of aliphatic carboxylic acids is 1. The Kier molecular flexibility index (Phi) is 7.24. The van der Waals surface area contributed by atoms with Crippen molar-refractivity contribution in [2.75, 3.05) is 16.9 Å². The Morgan fingerprint density at radius 2 is 1.76 bits per heavy atom. The number of benzene rings is 3. The Bertz CT molecular complexity index is 1720. The van der Waals surface area contributed by atoms with E-state index in [2.05, 4.69) is 10.3 Å². The van der Waals surface area contributed by atoms with Crippen LogP contribution in [0.15, 0.2) is 72.8 Å². The van der Waals surface area contributed by atoms with E-state index in [4.69, 9.17) is 0 Å². The van der Waals surface area contributed by atoms with E-state index in [9.17, 15) is 24.3 Å². The van der Waals surface area contributed by atoms with Gasteiger partial charge in [-0.3, -0.25) is 14.5 Å². The molecule has 1 saturated heterocycles. The number of H-pyrrole nitrogens is 1. The standard InChI is InChI=1S/C32H30N4O5S/c1-18-11-13-19(14-12-18)28-27-22(20-7-3-5-9-23(20)33-27)17-26-30(38)36(32(41)35(26)28)25-10-6-4-8-21(25)29(37)34-24(31(39)40)15-16-42-2/h3-14,24,26,28,33H,15-17H2,1-2H3,(H,34,37)(H,39,40)/t24-,26+,28-/m1/s1. The fourth-order valence-corrected chi connectivity index (χ4v) is 6.45. The summed E-state index contributed by atoms with van der Waals surface area (Å²) in [6.45, 7) is 1.99. The minimum Gasteiger partial charge on any atom is -0.480 e. The number of fused-ring (bicyclic) bond motifs is 4. The maximum Gasteiger partial charge on any atom is 0.332 e. The van der Waals surface area contributed by atoms with E-state index < -0.39 is 41.9 Å². The van der Waals surface area contributed by atoms with Gasteiger partial charge in [-0.1, -0.05) is 60.2 Å². The van der Waals surface area contributed by atoms with Gasteiger partial charge in [-0.15, -0.1) is 0 Å². The number of carboxylic acids is 1. The second kappa shape index (κ2) is 11.0. The molecule has 3 heterocycles. The topological polar surface area (TPSA) is 123 Å². The van der Waals surface area contributed by atoms with Crippen molar-refractivity contribution in [3.63, 3.8) is 0 Å². The zero-order valence-electron chi connectivity index (χ0n) is 23.2. The number of urea groups is 1. The van der Waals surface area contributed by atoms with E-state index >= 15 is 0 Å². The van der Waals surface area contributed by atoms with Crippen LogP contribution in [0.5, 0.6) is 0 Å². The van der Waals surface area contributed by atoms with E-state index in [1.807, 2.05) is 61.7 Å². The Morgan fingerprint density at radius 1 is 1.05 bits per heavy atom. The fraction of sp³-hybridized carbons (Fsp3) is 0.250. The zero-order valence-corrected chi connectivity index (χ0v) is 24.0. The van der Waals surface area contributed by atoms with Crippen molar-refractivity contribution < 1.29 is 24.3 Å². The van der Waals surface area contributed by atoms with Crippen molar-refractivity contribution in [1.82, 2.24) is 15.2 Å². The SMILES string of the molecule is CSCC[C@@H](NC(=O)c1ccccc1N1C(=O)[C@@H]2Cc3c([nH]c4ccccc34)[C@@H](c3ccc(C)cc3)N2C1=O)C(=O)O. The van der Waals surface area contributed by atoms with Gasteiger partial charge in [0, 0.05) is 23.0 Å². The van der Waals surface area contributed by atoms with Gasteiger partial charge < -0.3 is 15.4 Å². The van der Waals surface area contributed by atoms with E-state index in [1.165, 1.54) is 17.8 Å². The Labute approximate surface area is 246 Å². The average Bonchev–Trinajstić information content (AvgIpc) is 3.48. The number of aromatic amines is 1. The highest BCUT2D eigenvalue weighted by atomic mass is 32.2. The molecule has 1 aromatic heterocycles. The van der Waals surface area contributed by atoms with Crippen molar-refractivity contribution in [2.45, 2.75) is 37.9 Å². The molecule has 6 rings (SSSR count). The maximum atomic E-state index is 14.3. The van der Waals surface area contributed by atoms with Gasteiger partial charge in [0.1, 0.15) is 18.1 Å². The molecule has 0 radical (unpaired) electrons. The van der Waals surface area contributed by atoms with Crippen molar-refractivity contribution in [3.8, 4) is 0 Å². The van der Waals surface area contributed by atoms with Gasteiger partial charge in [-0.2, -0.15) is 11.8 Å². The predicted octanol–water partition coefficient (Wildman–Crippen LogP) is 4.90. The number of carbonyl (C=O) groups excluding carboxylic acids is 3. The first kappa shape index (κ1) is 27.6. The summed E-state index contributed by atoms with van der Waals surface area (Å²) in [6.07, 6.45) is 2.43. The summed E-state index contributed by atoms with van der Waals surface area (Å²) in [5.41, 5.74) is 4.92. The lowest BCUT2D eigenvalue weighted by atomic mass is 9.88. The van der Waals surface area contributed by atoms with Gasteiger partial charge >= 0.3 is 12.0 Å². The molecule has 42 heavy (non-hydrogen) atoms. The van der Waals surface area contributed by atoms with E-state index in [0.717, 1.165) is 38.2 Å². The van der Waals surface area contributed by atoms with E-state index in [1.54, 1.807) is 23.1 Å². The number of nitrogens with zero attached hydrogens (tertiary/aromatic N) is 2. The molecule has 2 aliphatic rings. The highest BCUT2D eigenvalue weighted by Crippen LogP contribution is 2.45. The summed E-state index contributed by atoms with van der Waals surface area (Å²) in [4.78, 5) is 59.8. The van der Waals surface area contributed by atoms with Crippen LogP contribution in [0.3, 0.4) is 0 Å². The third kappa shape index (κ3) is 4.61. The summed E-state index contributed by atoms with van der Waals surface area (Å²) >= 11 is 1.48. The molecule has 0 aliphatic carbocycles. The van der Waals surface area contributed by atoms with Crippen molar-refractivity contribution >= 4 is 52.2 Å². The third-order valence-corrected chi connectivity index (χ3v) is 8.69. The minimum atomic E-state index is -1.14. The second-order valence-electron chi connectivity index (χ2n) is 10.6. The van der Waals surface area contributed by atoms with E-state index in [-0.39, 0.29) is 17.7 Å². The van der Waals surface area contributed by atoms with Crippen LogP contribution in [-0.2, 0) is 16.0 Å².